The number of aromatic nitrogens is 2. The molecule has 0 spiro atoms. The number of nitrogens with zero attached hydrogens (tertiary/aromatic N) is 2. The molecule has 2 aromatic heterocycles. The molecule has 0 atom stereocenters. The largest absolute Gasteiger partial charge is 0.497 e. The van der Waals surface area contributed by atoms with Gasteiger partial charge in [-0.1, -0.05) is 24.3 Å². The molecule has 0 saturated carbocycles. The predicted molar refractivity (Wildman–Crippen MR) is 114 cm³/mol. The van der Waals surface area contributed by atoms with Crippen LogP contribution in [0.5, 0.6) is 5.75 Å². The second-order valence-corrected chi connectivity index (χ2v) is 7.03. The lowest BCUT2D eigenvalue weighted by molar-refractivity contribution is -0.138. The van der Waals surface area contributed by atoms with Crippen LogP contribution in [-0.2, 0) is 12.7 Å². The highest BCUT2D eigenvalue weighted by atomic mass is 19.4. The molecule has 8 heteroatoms. The summed E-state index contributed by atoms with van der Waals surface area (Å²) in [6.45, 7) is 0.0333. The van der Waals surface area contributed by atoms with Crippen LogP contribution in [0.15, 0.2) is 73.3 Å². The molecule has 0 aliphatic rings. The van der Waals surface area contributed by atoms with E-state index >= 15 is 0 Å². The van der Waals surface area contributed by atoms with Gasteiger partial charge in [0.1, 0.15) is 5.75 Å². The van der Waals surface area contributed by atoms with E-state index in [1.54, 1.807) is 19.5 Å². The van der Waals surface area contributed by atoms with Crippen molar-refractivity contribution < 1.29 is 22.7 Å². The maximum Gasteiger partial charge on any atom is 0.417 e. The summed E-state index contributed by atoms with van der Waals surface area (Å²) >= 11 is 0. The number of carbonyl (C=O) groups excluding carboxylic acids is 1. The van der Waals surface area contributed by atoms with Gasteiger partial charge in [-0.2, -0.15) is 13.2 Å². The maximum atomic E-state index is 13.2. The summed E-state index contributed by atoms with van der Waals surface area (Å²) in [7, 11) is 1.60. The van der Waals surface area contributed by atoms with Crippen molar-refractivity contribution in [2.24, 2.45) is 0 Å². The number of alkyl halides is 3. The van der Waals surface area contributed by atoms with Crippen molar-refractivity contribution in [3.8, 4) is 16.9 Å². The Hall–Kier alpha value is -3.94. The topological polar surface area (TPSA) is 64.1 Å². The van der Waals surface area contributed by atoms with Gasteiger partial charge in [-0.15, -0.1) is 0 Å². The Morgan fingerprint density at radius 3 is 2.56 bits per heavy atom. The number of pyridine rings is 2. The highest BCUT2D eigenvalue weighted by Crippen LogP contribution is 2.33. The number of methoxy groups -OCH3 is 1. The lowest BCUT2D eigenvalue weighted by Crippen LogP contribution is -2.26. The second kappa shape index (κ2) is 8.66. The molecule has 0 radical (unpaired) electrons. The Labute approximate surface area is 181 Å². The van der Waals surface area contributed by atoms with E-state index in [1.807, 2.05) is 42.5 Å². The number of hydrogen-bond acceptors (Lipinski definition) is 4. The van der Waals surface area contributed by atoms with Gasteiger partial charge in [0.2, 0.25) is 0 Å². The molecule has 4 rings (SSSR count). The van der Waals surface area contributed by atoms with Crippen molar-refractivity contribution in [3.63, 3.8) is 0 Å². The van der Waals surface area contributed by atoms with Crippen LogP contribution in [0.25, 0.3) is 21.9 Å². The minimum absolute atomic E-state index is 0.0333. The normalized spacial score (nSPS) is 11.4. The average Bonchev–Trinajstić information content (AvgIpc) is 2.81. The lowest BCUT2D eigenvalue weighted by atomic mass is 9.96. The fourth-order valence-electron chi connectivity index (χ4n) is 3.54. The second-order valence-electron chi connectivity index (χ2n) is 7.03. The standard InChI is InChI=1S/C24H18F3N3O2/c1-32-17-4-2-3-15(11-17)18-6-5-16(20-13-28-9-7-19(18)20)12-30-23(31)21-14-29-10-8-22(21)24(25,26)27/h2-11,13-14H,12H2,1H3,(H,30,31). The highest BCUT2D eigenvalue weighted by molar-refractivity contribution is 5.99. The zero-order chi connectivity index (χ0) is 22.7. The number of halogens is 3. The molecule has 0 aliphatic heterocycles. The van der Waals surface area contributed by atoms with Crippen LogP contribution in [0.4, 0.5) is 13.2 Å². The zero-order valence-electron chi connectivity index (χ0n) is 17.0. The van der Waals surface area contributed by atoms with Crippen LogP contribution in [0.2, 0.25) is 0 Å². The molecule has 0 saturated heterocycles. The first kappa shape index (κ1) is 21.3. The van der Waals surface area contributed by atoms with Crippen molar-refractivity contribution in [1.29, 1.82) is 0 Å². The molecular weight excluding hydrogens is 419 g/mol. The SMILES string of the molecule is COc1cccc(-c2ccc(CNC(=O)c3cnccc3C(F)(F)F)c3cnccc23)c1. The van der Waals surface area contributed by atoms with Gasteiger partial charge in [-0.05, 0) is 46.3 Å². The van der Waals surface area contributed by atoms with Gasteiger partial charge in [0.05, 0.1) is 18.2 Å². The first-order valence-corrected chi connectivity index (χ1v) is 9.68. The van der Waals surface area contributed by atoms with Gasteiger partial charge in [0, 0.05) is 36.7 Å². The van der Waals surface area contributed by atoms with E-state index in [-0.39, 0.29) is 6.54 Å². The summed E-state index contributed by atoms with van der Waals surface area (Å²) in [5.74, 6) is -0.127. The molecule has 2 aromatic carbocycles. The first-order valence-electron chi connectivity index (χ1n) is 9.68. The smallest absolute Gasteiger partial charge is 0.417 e. The predicted octanol–water partition coefficient (Wildman–Crippen LogP) is 5.25. The van der Waals surface area contributed by atoms with Crippen molar-refractivity contribution in [1.82, 2.24) is 15.3 Å². The van der Waals surface area contributed by atoms with Gasteiger partial charge in [-0.25, -0.2) is 0 Å². The third-order valence-corrected chi connectivity index (χ3v) is 5.10. The van der Waals surface area contributed by atoms with E-state index in [0.29, 0.717) is 0 Å². The molecule has 1 N–H and O–H groups in total. The number of nitrogens with one attached hydrogen (secondary N) is 1. The van der Waals surface area contributed by atoms with E-state index in [4.69, 9.17) is 4.74 Å². The summed E-state index contributed by atoms with van der Waals surface area (Å²) in [5, 5.41) is 4.26. The number of benzene rings is 2. The van der Waals surface area contributed by atoms with Crippen molar-refractivity contribution in [2.75, 3.05) is 7.11 Å². The van der Waals surface area contributed by atoms with E-state index in [9.17, 15) is 18.0 Å². The number of amides is 1. The monoisotopic (exact) mass is 437 g/mol. The first-order chi connectivity index (χ1) is 15.4. The minimum atomic E-state index is -4.65. The number of fused-ring (bicyclic) bond motifs is 1. The van der Waals surface area contributed by atoms with Crippen molar-refractivity contribution in [3.05, 3.63) is 90.0 Å². The van der Waals surface area contributed by atoms with Gasteiger partial charge in [-0.3, -0.25) is 14.8 Å². The molecule has 4 aromatic rings. The van der Waals surface area contributed by atoms with E-state index in [0.717, 1.165) is 51.7 Å². The third kappa shape index (κ3) is 4.25. The van der Waals surface area contributed by atoms with Crippen LogP contribution < -0.4 is 10.1 Å². The van der Waals surface area contributed by atoms with Crippen LogP contribution >= 0.6 is 0 Å². The van der Waals surface area contributed by atoms with E-state index in [2.05, 4.69) is 15.3 Å². The Morgan fingerprint density at radius 1 is 1.00 bits per heavy atom. The van der Waals surface area contributed by atoms with Gasteiger partial charge in [0.15, 0.2) is 0 Å². The van der Waals surface area contributed by atoms with Crippen LogP contribution in [-0.4, -0.2) is 23.0 Å². The molecule has 162 valence electrons. The molecule has 5 nitrogen and oxygen atoms in total. The quantitative estimate of drug-likeness (QED) is 0.463. The Bertz CT molecular complexity index is 1290. The molecule has 2 heterocycles. The molecule has 32 heavy (non-hydrogen) atoms. The molecular formula is C24H18F3N3O2. The summed E-state index contributed by atoms with van der Waals surface area (Å²) in [6, 6.07) is 14.0. The molecule has 0 fully saturated rings. The van der Waals surface area contributed by atoms with E-state index < -0.39 is 23.2 Å². The Kier molecular flexibility index (Phi) is 5.77. The lowest BCUT2D eigenvalue weighted by Gasteiger charge is -2.14. The van der Waals surface area contributed by atoms with Crippen molar-refractivity contribution in [2.45, 2.75) is 12.7 Å². The Morgan fingerprint density at radius 2 is 1.78 bits per heavy atom. The van der Waals surface area contributed by atoms with Gasteiger partial charge in [0.25, 0.3) is 5.91 Å². The number of carbonyl (C=O) groups is 1. The summed E-state index contributed by atoms with van der Waals surface area (Å²) < 4.78 is 45.0. The minimum Gasteiger partial charge on any atom is -0.497 e. The third-order valence-electron chi connectivity index (χ3n) is 5.10. The maximum absolute atomic E-state index is 13.2. The number of rotatable bonds is 5. The molecule has 0 unspecified atom stereocenters. The molecule has 0 aliphatic carbocycles. The molecule has 1 amide bonds. The van der Waals surface area contributed by atoms with E-state index in [1.165, 1.54) is 0 Å². The van der Waals surface area contributed by atoms with Crippen LogP contribution in [0.1, 0.15) is 21.5 Å². The van der Waals surface area contributed by atoms with Gasteiger partial charge < -0.3 is 10.1 Å². The highest BCUT2D eigenvalue weighted by Gasteiger charge is 2.35. The van der Waals surface area contributed by atoms with Crippen molar-refractivity contribution >= 4 is 16.7 Å². The summed E-state index contributed by atoms with van der Waals surface area (Å²) in [5.41, 5.74) is 1.08. The molecule has 0 bridgehead atoms. The fourth-order valence-corrected chi connectivity index (χ4v) is 3.54. The Balaban J connectivity index is 1.65. The van der Waals surface area contributed by atoms with Crippen LogP contribution in [0, 0.1) is 0 Å². The number of hydrogen-bond donors (Lipinski definition) is 1. The van der Waals surface area contributed by atoms with Gasteiger partial charge >= 0.3 is 6.18 Å². The van der Waals surface area contributed by atoms with Crippen LogP contribution in [0.3, 0.4) is 0 Å². The summed E-state index contributed by atoms with van der Waals surface area (Å²) in [6.07, 6.45) is 0.621. The fraction of sp³-hybridized carbons (Fsp3) is 0.125. The zero-order valence-corrected chi connectivity index (χ0v) is 17.0. The average molecular weight is 437 g/mol. The summed E-state index contributed by atoms with van der Waals surface area (Å²) in [4.78, 5) is 20.3. The number of ether oxygens (including phenoxy) is 1.